The van der Waals surface area contributed by atoms with Crippen molar-refractivity contribution in [3.05, 3.63) is 82.4 Å². The van der Waals surface area contributed by atoms with Crippen molar-refractivity contribution in [3.63, 3.8) is 0 Å². The highest BCUT2D eigenvalue weighted by molar-refractivity contribution is 6.16. The summed E-state index contributed by atoms with van der Waals surface area (Å²) in [6.07, 6.45) is 2.28. The molecule has 2 nitrogen and oxygen atoms in total. The zero-order valence-corrected chi connectivity index (χ0v) is 17.0. The van der Waals surface area contributed by atoms with Gasteiger partial charge in [0.25, 0.3) is 0 Å². The number of carbonyl (C=O) groups excluding carboxylic acids is 1. The molecular weight excluding hydrogens is 342 g/mol. The van der Waals surface area contributed by atoms with Gasteiger partial charge in [-0.2, -0.15) is 5.26 Å². The van der Waals surface area contributed by atoms with Crippen molar-refractivity contribution in [2.75, 3.05) is 0 Å². The number of benzene rings is 3. The van der Waals surface area contributed by atoms with Gasteiger partial charge < -0.3 is 0 Å². The molecule has 0 bridgehead atoms. The van der Waals surface area contributed by atoms with Gasteiger partial charge in [0, 0.05) is 11.1 Å². The van der Waals surface area contributed by atoms with Crippen LogP contribution in [0.4, 0.5) is 0 Å². The Bertz CT molecular complexity index is 1140. The van der Waals surface area contributed by atoms with E-state index in [-0.39, 0.29) is 16.6 Å². The molecule has 1 aliphatic carbocycles. The van der Waals surface area contributed by atoms with E-state index in [2.05, 4.69) is 45.9 Å². The van der Waals surface area contributed by atoms with Crippen LogP contribution in [-0.2, 0) is 10.8 Å². The van der Waals surface area contributed by atoms with E-state index >= 15 is 0 Å². The second-order valence-electron chi connectivity index (χ2n) is 9.21. The predicted molar refractivity (Wildman–Crippen MR) is 114 cm³/mol. The van der Waals surface area contributed by atoms with Crippen LogP contribution in [0.5, 0.6) is 0 Å². The van der Waals surface area contributed by atoms with Gasteiger partial charge in [0.15, 0.2) is 5.78 Å². The third-order valence-corrected chi connectivity index (χ3v) is 6.37. The molecule has 140 valence electrons. The lowest BCUT2D eigenvalue weighted by Crippen LogP contribution is -2.34. The van der Waals surface area contributed by atoms with Gasteiger partial charge in [-0.25, -0.2) is 0 Å². The molecule has 0 aliphatic heterocycles. The molecule has 1 aliphatic rings. The maximum Gasteiger partial charge on any atom is 0.193 e. The SMILES string of the molecule is CC1(C)CCC(C)(C)c2cc(C(=O)c3cccc4cc(C#N)ccc34)ccc21. The number of nitrogens with zero attached hydrogens (tertiary/aromatic N) is 1. The predicted octanol–water partition coefficient (Wildman–Crippen LogP) is 6.29. The van der Waals surface area contributed by atoms with E-state index in [4.69, 9.17) is 5.26 Å². The largest absolute Gasteiger partial charge is 0.289 e. The smallest absolute Gasteiger partial charge is 0.193 e. The Morgan fingerprint density at radius 3 is 2.32 bits per heavy atom. The molecular formula is C26H25NO. The summed E-state index contributed by atoms with van der Waals surface area (Å²) >= 11 is 0. The maximum absolute atomic E-state index is 13.4. The normalized spacial score (nSPS) is 17.0. The van der Waals surface area contributed by atoms with Gasteiger partial charge >= 0.3 is 0 Å². The Hall–Kier alpha value is -2.92. The number of fused-ring (bicyclic) bond motifs is 2. The average Bonchev–Trinajstić information content (AvgIpc) is 2.69. The van der Waals surface area contributed by atoms with Crippen molar-refractivity contribution >= 4 is 16.6 Å². The fourth-order valence-corrected chi connectivity index (χ4v) is 4.44. The molecule has 0 radical (unpaired) electrons. The van der Waals surface area contributed by atoms with E-state index in [0.29, 0.717) is 11.1 Å². The van der Waals surface area contributed by atoms with E-state index in [1.807, 2.05) is 36.4 Å². The van der Waals surface area contributed by atoms with Crippen LogP contribution in [0.25, 0.3) is 10.8 Å². The minimum atomic E-state index is 0.0392. The molecule has 2 heteroatoms. The lowest BCUT2D eigenvalue weighted by Gasteiger charge is -2.42. The zero-order valence-electron chi connectivity index (χ0n) is 17.0. The molecule has 0 heterocycles. The number of ketones is 1. The second kappa shape index (κ2) is 6.31. The third kappa shape index (κ3) is 2.92. The van der Waals surface area contributed by atoms with Crippen LogP contribution < -0.4 is 0 Å². The second-order valence-corrected chi connectivity index (χ2v) is 9.21. The molecule has 0 fully saturated rings. The van der Waals surface area contributed by atoms with Crippen molar-refractivity contribution < 1.29 is 4.79 Å². The summed E-state index contributed by atoms with van der Waals surface area (Å²) in [5.41, 5.74) is 4.89. The highest BCUT2D eigenvalue weighted by Crippen LogP contribution is 2.46. The van der Waals surface area contributed by atoms with Crippen molar-refractivity contribution in [1.29, 1.82) is 5.26 Å². The van der Waals surface area contributed by atoms with Crippen LogP contribution in [0.15, 0.2) is 54.6 Å². The van der Waals surface area contributed by atoms with Gasteiger partial charge in [-0.05, 0) is 63.8 Å². The van der Waals surface area contributed by atoms with Crippen LogP contribution in [0.3, 0.4) is 0 Å². The number of nitriles is 1. The van der Waals surface area contributed by atoms with Crippen LogP contribution in [-0.4, -0.2) is 5.78 Å². The van der Waals surface area contributed by atoms with Gasteiger partial charge in [0.1, 0.15) is 0 Å². The Kier molecular flexibility index (Phi) is 4.16. The Labute approximate surface area is 166 Å². The standard InChI is InChI=1S/C26H25NO/c1-25(2)12-13-26(3,4)23-15-19(9-11-22(23)25)24(28)21-7-5-6-18-14-17(16-27)8-10-20(18)21/h5-11,14-15H,12-13H2,1-4H3. The Morgan fingerprint density at radius 2 is 1.61 bits per heavy atom. The Morgan fingerprint density at radius 1 is 0.893 bits per heavy atom. The molecule has 3 aromatic rings. The molecule has 0 N–H and O–H groups in total. The van der Waals surface area contributed by atoms with Gasteiger partial charge in [-0.3, -0.25) is 4.79 Å². The number of carbonyl (C=O) groups is 1. The molecule has 4 rings (SSSR count). The fraction of sp³-hybridized carbons (Fsp3) is 0.308. The van der Waals surface area contributed by atoms with E-state index in [0.717, 1.165) is 29.2 Å². The summed E-state index contributed by atoms with van der Waals surface area (Å²) in [6.45, 7) is 9.13. The van der Waals surface area contributed by atoms with Crippen molar-refractivity contribution in [2.24, 2.45) is 0 Å². The zero-order chi connectivity index (χ0) is 20.1. The van der Waals surface area contributed by atoms with Gasteiger partial charge in [-0.15, -0.1) is 0 Å². The lowest BCUT2D eigenvalue weighted by atomic mass is 9.63. The number of hydrogen-bond donors (Lipinski definition) is 0. The van der Waals surface area contributed by atoms with Crippen LogP contribution in [0.1, 0.15) is 73.1 Å². The van der Waals surface area contributed by atoms with Crippen molar-refractivity contribution in [3.8, 4) is 6.07 Å². The highest BCUT2D eigenvalue weighted by Gasteiger charge is 2.37. The lowest BCUT2D eigenvalue weighted by molar-refractivity contribution is 0.104. The Balaban J connectivity index is 1.84. The highest BCUT2D eigenvalue weighted by atomic mass is 16.1. The quantitative estimate of drug-likeness (QED) is 0.499. The van der Waals surface area contributed by atoms with Crippen LogP contribution >= 0.6 is 0 Å². The van der Waals surface area contributed by atoms with Gasteiger partial charge in [0.2, 0.25) is 0 Å². The first-order valence-electron chi connectivity index (χ1n) is 9.85. The third-order valence-electron chi connectivity index (χ3n) is 6.37. The summed E-state index contributed by atoms with van der Waals surface area (Å²) in [6, 6.07) is 19.6. The monoisotopic (exact) mass is 367 g/mol. The molecule has 0 unspecified atom stereocenters. The first-order valence-corrected chi connectivity index (χ1v) is 9.85. The molecule has 3 aromatic carbocycles. The summed E-state index contributed by atoms with van der Waals surface area (Å²) in [5, 5.41) is 11.0. The first-order chi connectivity index (χ1) is 13.2. The van der Waals surface area contributed by atoms with E-state index < -0.39 is 0 Å². The minimum absolute atomic E-state index is 0.0392. The number of hydrogen-bond acceptors (Lipinski definition) is 2. The van der Waals surface area contributed by atoms with E-state index in [1.54, 1.807) is 6.07 Å². The summed E-state index contributed by atoms with van der Waals surface area (Å²) in [5.74, 6) is 0.0392. The average molecular weight is 367 g/mol. The summed E-state index contributed by atoms with van der Waals surface area (Å²) in [4.78, 5) is 13.4. The topological polar surface area (TPSA) is 40.9 Å². The van der Waals surface area contributed by atoms with Crippen LogP contribution in [0, 0.1) is 11.3 Å². The summed E-state index contributed by atoms with van der Waals surface area (Å²) < 4.78 is 0. The maximum atomic E-state index is 13.4. The van der Waals surface area contributed by atoms with Crippen LogP contribution in [0.2, 0.25) is 0 Å². The number of rotatable bonds is 2. The minimum Gasteiger partial charge on any atom is -0.289 e. The van der Waals surface area contributed by atoms with Gasteiger partial charge in [0.05, 0.1) is 11.6 Å². The first kappa shape index (κ1) is 18.4. The van der Waals surface area contributed by atoms with Crippen molar-refractivity contribution in [2.45, 2.75) is 51.4 Å². The van der Waals surface area contributed by atoms with E-state index in [9.17, 15) is 4.79 Å². The molecule has 0 saturated carbocycles. The van der Waals surface area contributed by atoms with E-state index in [1.165, 1.54) is 11.1 Å². The fourth-order valence-electron chi connectivity index (χ4n) is 4.44. The molecule has 0 spiro atoms. The molecule has 0 aromatic heterocycles. The molecule has 0 atom stereocenters. The molecule has 0 amide bonds. The van der Waals surface area contributed by atoms with Crippen molar-refractivity contribution in [1.82, 2.24) is 0 Å². The molecule has 0 saturated heterocycles. The summed E-state index contributed by atoms with van der Waals surface area (Å²) in [7, 11) is 0. The molecule has 28 heavy (non-hydrogen) atoms. The van der Waals surface area contributed by atoms with Gasteiger partial charge in [-0.1, -0.05) is 64.1 Å².